The summed E-state index contributed by atoms with van der Waals surface area (Å²) in [7, 11) is 2.96. The van der Waals surface area contributed by atoms with Gasteiger partial charge >= 0.3 is 6.18 Å². The molecular weight excluding hydrogens is 401 g/mol. The summed E-state index contributed by atoms with van der Waals surface area (Å²) in [5.74, 6) is -0.129. The summed E-state index contributed by atoms with van der Waals surface area (Å²) in [6.07, 6.45) is -1.90. The average molecular weight is 424 g/mol. The van der Waals surface area contributed by atoms with Gasteiger partial charge in [-0.1, -0.05) is 6.07 Å². The zero-order valence-corrected chi connectivity index (χ0v) is 16.5. The van der Waals surface area contributed by atoms with Gasteiger partial charge in [0.1, 0.15) is 17.1 Å². The van der Waals surface area contributed by atoms with Gasteiger partial charge in [0.15, 0.2) is 0 Å². The standard InChI is InChI=1S/C19H23F3N6O2/c1-24-17(29)13(23)7-10-3-6-14(15(8-10)30-2)27-18-25-9-12(19(20,21)22)16(28-18)26-11-4-5-11/h3,6,8-9,11,13H,4-5,7,23H2,1-2H3,(H,24,29)(H2,25,26,27,28)/t13-/m0/s1. The minimum absolute atomic E-state index is 0.000683. The van der Waals surface area contributed by atoms with Gasteiger partial charge in [-0.05, 0) is 37.0 Å². The van der Waals surface area contributed by atoms with Crippen molar-refractivity contribution in [3.63, 3.8) is 0 Å². The Morgan fingerprint density at radius 1 is 1.37 bits per heavy atom. The first-order valence-corrected chi connectivity index (χ1v) is 9.33. The molecule has 1 atom stereocenters. The summed E-state index contributed by atoms with van der Waals surface area (Å²) >= 11 is 0. The van der Waals surface area contributed by atoms with Crippen LogP contribution in [-0.2, 0) is 17.4 Å². The fourth-order valence-corrected chi connectivity index (χ4v) is 2.80. The lowest BCUT2D eigenvalue weighted by atomic mass is 10.0. The molecule has 2 aromatic rings. The summed E-state index contributed by atoms with van der Waals surface area (Å²) in [5, 5.41) is 8.17. The third-order valence-corrected chi connectivity index (χ3v) is 4.56. The molecule has 1 aliphatic carbocycles. The molecule has 11 heteroatoms. The first kappa shape index (κ1) is 21.6. The van der Waals surface area contributed by atoms with E-state index in [1.54, 1.807) is 18.2 Å². The highest BCUT2D eigenvalue weighted by molar-refractivity contribution is 5.81. The van der Waals surface area contributed by atoms with Crippen LogP contribution < -0.4 is 26.4 Å². The van der Waals surface area contributed by atoms with E-state index in [-0.39, 0.29) is 23.7 Å². The fraction of sp³-hybridized carbons (Fsp3) is 0.421. The number of anilines is 3. The largest absolute Gasteiger partial charge is 0.495 e. The number of likely N-dealkylation sites (N-methyl/N-ethyl adjacent to an activating group) is 1. The number of nitrogens with one attached hydrogen (secondary N) is 3. The molecule has 0 saturated heterocycles. The van der Waals surface area contributed by atoms with Crippen LogP contribution in [0.5, 0.6) is 5.75 Å². The number of halogens is 3. The molecule has 1 aliphatic rings. The molecule has 1 heterocycles. The Morgan fingerprint density at radius 2 is 2.10 bits per heavy atom. The van der Waals surface area contributed by atoms with Gasteiger partial charge in [0.25, 0.3) is 0 Å². The van der Waals surface area contributed by atoms with Crippen LogP contribution in [0.3, 0.4) is 0 Å². The predicted octanol–water partition coefficient (Wildman–Crippen LogP) is 2.44. The van der Waals surface area contributed by atoms with Gasteiger partial charge in [0.2, 0.25) is 11.9 Å². The fourth-order valence-electron chi connectivity index (χ4n) is 2.80. The zero-order valence-electron chi connectivity index (χ0n) is 16.5. The van der Waals surface area contributed by atoms with Crippen molar-refractivity contribution >= 4 is 23.4 Å². The number of methoxy groups -OCH3 is 1. The van der Waals surface area contributed by atoms with Crippen LogP contribution in [0.4, 0.5) is 30.6 Å². The monoisotopic (exact) mass is 424 g/mol. The number of amides is 1. The summed E-state index contributed by atoms with van der Waals surface area (Å²) in [5.41, 5.74) is 6.15. The molecule has 0 bridgehead atoms. The highest BCUT2D eigenvalue weighted by atomic mass is 19.4. The molecule has 5 N–H and O–H groups in total. The summed E-state index contributed by atoms with van der Waals surface area (Å²) < 4.78 is 45.0. The lowest BCUT2D eigenvalue weighted by Gasteiger charge is -2.16. The van der Waals surface area contributed by atoms with Gasteiger partial charge in [-0.15, -0.1) is 0 Å². The van der Waals surface area contributed by atoms with Crippen LogP contribution >= 0.6 is 0 Å². The zero-order chi connectivity index (χ0) is 21.9. The Labute approximate surface area is 171 Å². The summed E-state index contributed by atoms with van der Waals surface area (Å²) in [6, 6.07) is 4.37. The van der Waals surface area contributed by atoms with E-state index in [9.17, 15) is 18.0 Å². The minimum Gasteiger partial charge on any atom is -0.495 e. The van der Waals surface area contributed by atoms with Gasteiger partial charge in [-0.3, -0.25) is 4.79 Å². The van der Waals surface area contributed by atoms with Crippen LogP contribution in [0.15, 0.2) is 24.4 Å². The van der Waals surface area contributed by atoms with E-state index in [4.69, 9.17) is 10.5 Å². The van der Waals surface area contributed by atoms with E-state index in [1.165, 1.54) is 14.2 Å². The third kappa shape index (κ3) is 5.29. The Morgan fingerprint density at radius 3 is 2.70 bits per heavy atom. The summed E-state index contributed by atoms with van der Waals surface area (Å²) in [4.78, 5) is 19.4. The van der Waals surface area contributed by atoms with E-state index in [0.29, 0.717) is 17.9 Å². The molecule has 1 saturated carbocycles. The van der Waals surface area contributed by atoms with Crippen LogP contribution in [0.25, 0.3) is 0 Å². The van der Waals surface area contributed by atoms with E-state index in [1.807, 2.05) is 0 Å². The molecule has 3 rings (SSSR count). The molecule has 1 aromatic heterocycles. The van der Waals surface area contributed by atoms with Gasteiger partial charge in [0, 0.05) is 19.3 Å². The molecule has 0 aliphatic heterocycles. The molecule has 0 radical (unpaired) electrons. The van der Waals surface area contributed by atoms with Gasteiger partial charge < -0.3 is 26.4 Å². The lowest BCUT2D eigenvalue weighted by molar-refractivity contribution is -0.137. The van der Waals surface area contributed by atoms with Crippen molar-refractivity contribution < 1.29 is 22.7 Å². The molecule has 30 heavy (non-hydrogen) atoms. The number of alkyl halides is 3. The van der Waals surface area contributed by atoms with Crippen molar-refractivity contribution in [2.75, 3.05) is 24.8 Å². The van der Waals surface area contributed by atoms with E-state index < -0.39 is 17.8 Å². The number of aromatic nitrogens is 2. The first-order chi connectivity index (χ1) is 14.2. The second kappa shape index (κ2) is 8.74. The second-order valence-electron chi connectivity index (χ2n) is 6.96. The maximum absolute atomic E-state index is 13.2. The van der Waals surface area contributed by atoms with Crippen molar-refractivity contribution in [3.05, 3.63) is 35.5 Å². The topological polar surface area (TPSA) is 114 Å². The number of hydrogen-bond acceptors (Lipinski definition) is 7. The smallest absolute Gasteiger partial charge is 0.421 e. The molecule has 1 aromatic carbocycles. The van der Waals surface area contributed by atoms with Crippen molar-refractivity contribution in [3.8, 4) is 5.75 Å². The predicted molar refractivity (Wildman–Crippen MR) is 106 cm³/mol. The van der Waals surface area contributed by atoms with E-state index in [0.717, 1.165) is 24.6 Å². The number of rotatable bonds is 8. The number of ether oxygens (including phenoxy) is 1. The minimum atomic E-state index is -4.56. The Balaban J connectivity index is 1.82. The van der Waals surface area contributed by atoms with E-state index >= 15 is 0 Å². The van der Waals surface area contributed by atoms with Crippen molar-refractivity contribution in [1.82, 2.24) is 15.3 Å². The molecule has 0 unspecified atom stereocenters. The summed E-state index contributed by atoms with van der Waals surface area (Å²) in [6.45, 7) is 0. The number of hydrogen-bond donors (Lipinski definition) is 4. The number of carbonyl (C=O) groups is 1. The van der Waals surface area contributed by atoms with Gasteiger partial charge in [0.05, 0.1) is 18.8 Å². The normalized spacial score (nSPS) is 14.7. The second-order valence-corrected chi connectivity index (χ2v) is 6.96. The quantitative estimate of drug-likeness (QED) is 0.515. The van der Waals surface area contributed by atoms with Crippen molar-refractivity contribution in [2.24, 2.45) is 5.73 Å². The molecule has 1 fully saturated rings. The number of nitrogens with zero attached hydrogens (tertiary/aromatic N) is 2. The third-order valence-electron chi connectivity index (χ3n) is 4.56. The number of benzene rings is 1. The Hall–Kier alpha value is -3.08. The van der Waals surface area contributed by atoms with Crippen LogP contribution in [0.1, 0.15) is 24.0 Å². The Bertz CT molecular complexity index is 918. The first-order valence-electron chi connectivity index (χ1n) is 9.33. The molecule has 8 nitrogen and oxygen atoms in total. The number of carbonyl (C=O) groups excluding carboxylic acids is 1. The highest BCUT2D eigenvalue weighted by Crippen LogP contribution is 2.37. The Kier molecular flexibility index (Phi) is 6.30. The van der Waals surface area contributed by atoms with Crippen LogP contribution in [-0.4, -0.2) is 42.1 Å². The van der Waals surface area contributed by atoms with Crippen molar-refractivity contribution in [1.29, 1.82) is 0 Å². The molecule has 1 amide bonds. The lowest BCUT2D eigenvalue weighted by Crippen LogP contribution is -2.40. The average Bonchev–Trinajstić information content (AvgIpc) is 3.51. The molecular formula is C19H23F3N6O2. The van der Waals surface area contributed by atoms with Gasteiger partial charge in [-0.25, -0.2) is 4.98 Å². The molecule has 0 spiro atoms. The number of nitrogens with two attached hydrogens (primary N) is 1. The highest BCUT2D eigenvalue weighted by Gasteiger charge is 2.37. The van der Waals surface area contributed by atoms with E-state index in [2.05, 4.69) is 25.9 Å². The SMILES string of the molecule is CNC(=O)[C@@H](N)Cc1ccc(Nc2ncc(C(F)(F)F)c(NC3CC3)n2)c(OC)c1. The maximum Gasteiger partial charge on any atom is 0.421 e. The van der Waals surface area contributed by atoms with Crippen LogP contribution in [0.2, 0.25) is 0 Å². The van der Waals surface area contributed by atoms with Crippen molar-refractivity contribution in [2.45, 2.75) is 37.5 Å². The molecule has 162 valence electrons. The maximum atomic E-state index is 13.2. The van der Waals surface area contributed by atoms with Crippen LogP contribution in [0, 0.1) is 0 Å². The van der Waals surface area contributed by atoms with Gasteiger partial charge in [-0.2, -0.15) is 18.2 Å².